The van der Waals surface area contributed by atoms with Crippen LogP contribution in [0.4, 0.5) is 11.6 Å². The van der Waals surface area contributed by atoms with Gasteiger partial charge in [0.15, 0.2) is 0 Å². The predicted octanol–water partition coefficient (Wildman–Crippen LogP) is 2.64. The molecule has 0 radical (unpaired) electrons. The molecule has 4 heteroatoms. The Morgan fingerprint density at radius 2 is 2.17 bits per heavy atom. The largest absolute Gasteiger partial charge is 0.384 e. The lowest BCUT2D eigenvalue weighted by Crippen LogP contribution is -2.36. The molecular formula is C14H24N4. The van der Waals surface area contributed by atoms with E-state index < -0.39 is 0 Å². The van der Waals surface area contributed by atoms with Gasteiger partial charge in [-0.2, -0.15) is 0 Å². The molecule has 18 heavy (non-hydrogen) atoms. The molecule has 0 saturated heterocycles. The summed E-state index contributed by atoms with van der Waals surface area (Å²) in [6.07, 6.45) is 6.01. The fraction of sp³-hybridized carbons (Fsp3) is 0.714. The Balaban J connectivity index is 2.16. The molecule has 1 aliphatic carbocycles. The third kappa shape index (κ3) is 2.92. The van der Waals surface area contributed by atoms with Crippen LogP contribution in [0.2, 0.25) is 0 Å². The molecule has 4 nitrogen and oxygen atoms in total. The molecule has 1 aromatic heterocycles. The van der Waals surface area contributed by atoms with E-state index in [0.29, 0.717) is 11.9 Å². The summed E-state index contributed by atoms with van der Waals surface area (Å²) < 4.78 is 0. The zero-order valence-corrected chi connectivity index (χ0v) is 11.7. The fourth-order valence-corrected chi connectivity index (χ4v) is 2.78. The van der Waals surface area contributed by atoms with Crippen LogP contribution >= 0.6 is 0 Å². The molecular weight excluding hydrogens is 224 g/mol. The highest BCUT2D eigenvalue weighted by atomic mass is 15.2. The van der Waals surface area contributed by atoms with Crippen LogP contribution in [0, 0.1) is 5.92 Å². The molecule has 2 atom stereocenters. The normalized spacial score (nSPS) is 23.9. The monoisotopic (exact) mass is 248 g/mol. The van der Waals surface area contributed by atoms with Crippen LogP contribution in [0.15, 0.2) is 6.07 Å². The highest BCUT2D eigenvalue weighted by Gasteiger charge is 2.23. The van der Waals surface area contributed by atoms with Crippen LogP contribution in [0.3, 0.4) is 0 Å². The number of rotatable bonds is 3. The van der Waals surface area contributed by atoms with Gasteiger partial charge in [0.1, 0.15) is 17.5 Å². The third-order valence-electron chi connectivity index (χ3n) is 3.91. The maximum Gasteiger partial charge on any atom is 0.134 e. The number of anilines is 2. The molecule has 2 rings (SSSR count). The van der Waals surface area contributed by atoms with E-state index in [0.717, 1.165) is 24.0 Å². The minimum absolute atomic E-state index is 0.576. The Labute approximate surface area is 110 Å². The van der Waals surface area contributed by atoms with Crippen molar-refractivity contribution in [2.45, 2.75) is 52.0 Å². The number of aryl methyl sites for hydroxylation is 1. The zero-order valence-electron chi connectivity index (χ0n) is 11.7. The Morgan fingerprint density at radius 1 is 1.39 bits per heavy atom. The van der Waals surface area contributed by atoms with Crippen molar-refractivity contribution >= 4 is 11.6 Å². The molecule has 1 fully saturated rings. The highest BCUT2D eigenvalue weighted by molar-refractivity contribution is 5.47. The Hall–Kier alpha value is -1.32. The van der Waals surface area contributed by atoms with Gasteiger partial charge in [-0.15, -0.1) is 0 Å². The van der Waals surface area contributed by atoms with Crippen LogP contribution in [-0.4, -0.2) is 23.1 Å². The van der Waals surface area contributed by atoms with Crippen LogP contribution in [-0.2, 0) is 6.42 Å². The minimum atomic E-state index is 0.576. The second-order valence-electron chi connectivity index (χ2n) is 5.46. The molecule has 1 aliphatic rings. The summed E-state index contributed by atoms with van der Waals surface area (Å²) in [6.45, 7) is 4.40. The summed E-state index contributed by atoms with van der Waals surface area (Å²) in [7, 11) is 2.13. The van der Waals surface area contributed by atoms with E-state index in [1.807, 2.05) is 6.07 Å². The van der Waals surface area contributed by atoms with Gasteiger partial charge in [-0.05, 0) is 18.8 Å². The lowest BCUT2D eigenvalue weighted by Gasteiger charge is -2.35. The summed E-state index contributed by atoms with van der Waals surface area (Å²) in [5, 5.41) is 0. The molecule has 1 aromatic rings. The molecule has 0 spiro atoms. The van der Waals surface area contributed by atoms with Gasteiger partial charge in [-0.25, -0.2) is 9.97 Å². The first-order valence-electron chi connectivity index (χ1n) is 6.96. The van der Waals surface area contributed by atoms with Gasteiger partial charge < -0.3 is 10.6 Å². The number of nitrogens with two attached hydrogens (primary N) is 1. The van der Waals surface area contributed by atoms with E-state index in [1.165, 1.54) is 25.7 Å². The average molecular weight is 248 g/mol. The van der Waals surface area contributed by atoms with Crippen LogP contribution in [0.1, 0.15) is 45.4 Å². The summed E-state index contributed by atoms with van der Waals surface area (Å²) in [5.74, 6) is 3.20. The van der Waals surface area contributed by atoms with Gasteiger partial charge in [0.25, 0.3) is 0 Å². The maximum absolute atomic E-state index is 5.85. The Morgan fingerprint density at radius 3 is 2.83 bits per heavy atom. The van der Waals surface area contributed by atoms with Crippen LogP contribution in [0.5, 0.6) is 0 Å². The van der Waals surface area contributed by atoms with Crippen molar-refractivity contribution in [2.24, 2.45) is 5.92 Å². The van der Waals surface area contributed by atoms with Gasteiger partial charge in [0, 0.05) is 25.6 Å². The highest BCUT2D eigenvalue weighted by Crippen LogP contribution is 2.29. The van der Waals surface area contributed by atoms with E-state index in [2.05, 4.69) is 35.8 Å². The summed E-state index contributed by atoms with van der Waals surface area (Å²) in [5.41, 5.74) is 5.85. The van der Waals surface area contributed by atoms with Gasteiger partial charge >= 0.3 is 0 Å². The van der Waals surface area contributed by atoms with Crippen molar-refractivity contribution < 1.29 is 0 Å². The Bertz CT molecular complexity index is 405. The number of nitrogens with zero attached hydrogens (tertiary/aromatic N) is 3. The van der Waals surface area contributed by atoms with Crippen LogP contribution in [0.25, 0.3) is 0 Å². The molecule has 2 unspecified atom stereocenters. The van der Waals surface area contributed by atoms with E-state index in [-0.39, 0.29) is 0 Å². The standard InChI is InChI=1S/C14H24N4/c1-4-13-16-12(15)9-14(17-13)18(3)11-7-5-6-10(2)8-11/h9-11H,4-8H2,1-3H3,(H2,15,16,17). The van der Waals surface area contributed by atoms with Crippen molar-refractivity contribution in [1.29, 1.82) is 0 Å². The first-order chi connectivity index (χ1) is 8.60. The smallest absolute Gasteiger partial charge is 0.134 e. The topological polar surface area (TPSA) is 55.0 Å². The molecule has 0 aromatic carbocycles. The van der Waals surface area contributed by atoms with E-state index in [4.69, 9.17) is 5.73 Å². The molecule has 0 amide bonds. The van der Waals surface area contributed by atoms with E-state index in [1.54, 1.807) is 0 Å². The molecule has 0 aliphatic heterocycles. The molecule has 1 saturated carbocycles. The zero-order chi connectivity index (χ0) is 13.1. The maximum atomic E-state index is 5.85. The lowest BCUT2D eigenvalue weighted by molar-refractivity contribution is 0.335. The van der Waals surface area contributed by atoms with E-state index in [9.17, 15) is 0 Å². The quantitative estimate of drug-likeness (QED) is 0.893. The Kier molecular flexibility index (Phi) is 4.04. The SMILES string of the molecule is CCc1nc(N)cc(N(C)C2CCCC(C)C2)n1. The molecule has 1 heterocycles. The van der Waals surface area contributed by atoms with Crippen molar-refractivity contribution in [3.05, 3.63) is 11.9 Å². The van der Waals surface area contributed by atoms with Gasteiger partial charge in [-0.3, -0.25) is 0 Å². The average Bonchev–Trinajstić information content (AvgIpc) is 2.37. The van der Waals surface area contributed by atoms with Crippen LogP contribution < -0.4 is 10.6 Å². The van der Waals surface area contributed by atoms with Crippen molar-refractivity contribution in [1.82, 2.24) is 9.97 Å². The number of aromatic nitrogens is 2. The second kappa shape index (κ2) is 5.55. The van der Waals surface area contributed by atoms with Crippen molar-refractivity contribution in [3.8, 4) is 0 Å². The first-order valence-corrected chi connectivity index (χ1v) is 6.96. The lowest BCUT2D eigenvalue weighted by atomic mass is 9.86. The number of nitrogen functional groups attached to an aromatic ring is 1. The van der Waals surface area contributed by atoms with Gasteiger partial charge in [0.2, 0.25) is 0 Å². The minimum Gasteiger partial charge on any atom is -0.384 e. The number of hydrogen-bond donors (Lipinski definition) is 1. The van der Waals surface area contributed by atoms with E-state index >= 15 is 0 Å². The third-order valence-corrected chi connectivity index (χ3v) is 3.91. The van der Waals surface area contributed by atoms with Crippen molar-refractivity contribution in [2.75, 3.05) is 17.7 Å². The van der Waals surface area contributed by atoms with Gasteiger partial charge in [0.05, 0.1) is 0 Å². The molecule has 100 valence electrons. The summed E-state index contributed by atoms with van der Waals surface area (Å²) >= 11 is 0. The first kappa shape index (κ1) is 13.1. The number of hydrogen-bond acceptors (Lipinski definition) is 4. The molecule has 0 bridgehead atoms. The summed E-state index contributed by atoms with van der Waals surface area (Å²) in [6, 6.07) is 2.48. The second-order valence-corrected chi connectivity index (χ2v) is 5.46. The predicted molar refractivity (Wildman–Crippen MR) is 75.6 cm³/mol. The van der Waals surface area contributed by atoms with Crippen molar-refractivity contribution in [3.63, 3.8) is 0 Å². The molecule has 2 N–H and O–H groups in total. The fourth-order valence-electron chi connectivity index (χ4n) is 2.78. The van der Waals surface area contributed by atoms with Gasteiger partial charge in [-0.1, -0.05) is 26.7 Å². The summed E-state index contributed by atoms with van der Waals surface area (Å²) in [4.78, 5) is 11.1.